The van der Waals surface area contributed by atoms with Crippen LogP contribution in [0.5, 0.6) is 0 Å². The van der Waals surface area contributed by atoms with Gasteiger partial charge < -0.3 is 10.2 Å². The van der Waals surface area contributed by atoms with E-state index in [1.54, 1.807) is 18.2 Å². The van der Waals surface area contributed by atoms with Crippen LogP contribution in [-0.2, 0) is 32.6 Å². The van der Waals surface area contributed by atoms with Gasteiger partial charge in [-0.15, -0.1) is 0 Å². The van der Waals surface area contributed by atoms with E-state index in [9.17, 15) is 26.8 Å². The van der Waals surface area contributed by atoms with Gasteiger partial charge in [0, 0.05) is 24.6 Å². The largest absolute Gasteiger partial charge is 0.352 e. The van der Waals surface area contributed by atoms with Crippen LogP contribution in [-0.4, -0.2) is 43.8 Å². The molecular weight excluding hydrogens is 596 g/mol. The normalized spacial score (nSPS) is 12.6. The molecule has 0 aliphatic carbocycles. The third-order valence-electron chi connectivity index (χ3n) is 7.57. The van der Waals surface area contributed by atoms with Crippen LogP contribution in [0, 0.1) is 18.6 Å². The Labute approximate surface area is 263 Å². The van der Waals surface area contributed by atoms with E-state index in [2.05, 4.69) is 5.32 Å². The van der Waals surface area contributed by atoms with Crippen molar-refractivity contribution in [2.45, 2.75) is 57.1 Å². The van der Waals surface area contributed by atoms with Crippen molar-refractivity contribution >= 4 is 27.5 Å². The predicted octanol–water partition coefficient (Wildman–Crippen LogP) is 6.02. The molecule has 0 aromatic heterocycles. The highest BCUT2D eigenvalue weighted by Crippen LogP contribution is 2.26. The number of amides is 2. The van der Waals surface area contributed by atoms with E-state index in [1.165, 1.54) is 47.4 Å². The number of carbonyl (C=O) groups is 2. The number of halogens is 2. The lowest BCUT2D eigenvalue weighted by Gasteiger charge is -2.34. The quantitative estimate of drug-likeness (QED) is 0.195. The van der Waals surface area contributed by atoms with Crippen LogP contribution in [0.4, 0.5) is 14.5 Å². The van der Waals surface area contributed by atoms with Crippen LogP contribution >= 0.6 is 0 Å². The molecule has 45 heavy (non-hydrogen) atoms. The summed E-state index contributed by atoms with van der Waals surface area (Å²) >= 11 is 0. The predicted molar refractivity (Wildman–Crippen MR) is 171 cm³/mol. The van der Waals surface area contributed by atoms with Crippen LogP contribution in [0.1, 0.15) is 37.0 Å². The second kappa shape index (κ2) is 14.9. The number of anilines is 1. The molecule has 4 rings (SSSR count). The van der Waals surface area contributed by atoms with E-state index in [-0.39, 0.29) is 35.2 Å². The number of rotatable bonds is 13. The van der Waals surface area contributed by atoms with Gasteiger partial charge in [-0.1, -0.05) is 73.2 Å². The molecule has 0 bridgehead atoms. The fraction of sp³-hybridized carbons (Fsp3) is 0.257. The molecule has 236 valence electrons. The van der Waals surface area contributed by atoms with Crippen LogP contribution in [0.3, 0.4) is 0 Å². The highest BCUT2D eigenvalue weighted by Gasteiger charge is 2.35. The summed E-state index contributed by atoms with van der Waals surface area (Å²) in [7, 11) is -4.33. The van der Waals surface area contributed by atoms with Crippen molar-refractivity contribution in [3.8, 4) is 0 Å². The molecule has 0 fully saturated rings. The molecule has 2 unspecified atom stereocenters. The highest BCUT2D eigenvalue weighted by atomic mass is 32.2. The maximum absolute atomic E-state index is 15.0. The van der Waals surface area contributed by atoms with Gasteiger partial charge in [-0.25, -0.2) is 17.2 Å². The zero-order valence-corrected chi connectivity index (χ0v) is 26.3. The molecule has 0 aliphatic rings. The molecule has 4 aromatic rings. The number of aryl methyl sites for hydroxylation is 1. The van der Waals surface area contributed by atoms with Crippen LogP contribution < -0.4 is 9.62 Å². The summed E-state index contributed by atoms with van der Waals surface area (Å²) in [5.74, 6) is -2.34. The zero-order chi connectivity index (χ0) is 32.6. The Morgan fingerprint density at radius 2 is 1.47 bits per heavy atom. The Morgan fingerprint density at radius 3 is 2.09 bits per heavy atom. The van der Waals surface area contributed by atoms with Gasteiger partial charge in [0.1, 0.15) is 24.2 Å². The minimum atomic E-state index is -4.33. The molecule has 2 atom stereocenters. The zero-order valence-electron chi connectivity index (χ0n) is 25.5. The maximum Gasteiger partial charge on any atom is 0.264 e. The van der Waals surface area contributed by atoms with Crippen molar-refractivity contribution in [3.05, 3.63) is 131 Å². The molecule has 4 aromatic carbocycles. The first-order valence-electron chi connectivity index (χ1n) is 14.7. The molecule has 1 N–H and O–H groups in total. The second-order valence-electron chi connectivity index (χ2n) is 10.9. The second-order valence-corrected chi connectivity index (χ2v) is 12.8. The van der Waals surface area contributed by atoms with Gasteiger partial charge in [0.25, 0.3) is 10.0 Å². The van der Waals surface area contributed by atoms with E-state index in [0.29, 0.717) is 6.42 Å². The van der Waals surface area contributed by atoms with Gasteiger partial charge in [-0.2, -0.15) is 0 Å². The summed E-state index contributed by atoms with van der Waals surface area (Å²) in [6.45, 7) is 4.55. The molecule has 0 spiro atoms. The van der Waals surface area contributed by atoms with E-state index in [1.807, 2.05) is 51.1 Å². The highest BCUT2D eigenvalue weighted by molar-refractivity contribution is 7.92. The van der Waals surface area contributed by atoms with Crippen LogP contribution in [0.15, 0.2) is 108 Å². The van der Waals surface area contributed by atoms with Crippen molar-refractivity contribution in [2.75, 3.05) is 10.8 Å². The van der Waals surface area contributed by atoms with Crippen molar-refractivity contribution < 1.29 is 26.8 Å². The van der Waals surface area contributed by atoms with E-state index < -0.39 is 46.1 Å². The lowest BCUT2D eigenvalue weighted by Crippen LogP contribution is -2.54. The summed E-state index contributed by atoms with van der Waals surface area (Å²) in [5, 5.41) is 2.94. The fourth-order valence-corrected chi connectivity index (χ4v) is 6.19. The molecule has 7 nitrogen and oxygen atoms in total. The van der Waals surface area contributed by atoms with Crippen molar-refractivity contribution in [1.29, 1.82) is 0 Å². The summed E-state index contributed by atoms with van der Waals surface area (Å²) in [5.41, 5.74) is 1.82. The van der Waals surface area contributed by atoms with Gasteiger partial charge >= 0.3 is 0 Å². The van der Waals surface area contributed by atoms with Gasteiger partial charge in [-0.3, -0.25) is 13.9 Å². The summed E-state index contributed by atoms with van der Waals surface area (Å²) in [6.07, 6.45) is 0.739. The van der Waals surface area contributed by atoms with Gasteiger partial charge in [-0.05, 0) is 68.3 Å². The Hall–Kier alpha value is -4.57. The van der Waals surface area contributed by atoms with Gasteiger partial charge in [0.2, 0.25) is 11.8 Å². The first-order chi connectivity index (χ1) is 21.5. The van der Waals surface area contributed by atoms with Crippen LogP contribution in [0.2, 0.25) is 0 Å². The smallest absolute Gasteiger partial charge is 0.264 e. The first-order valence-corrected chi connectivity index (χ1v) is 16.2. The molecule has 10 heteroatoms. The summed E-state index contributed by atoms with van der Waals surface area (Å²) < 4.78 is 57.8. The lowest BCUT2D eigenvalue weighted by molar-refractivity contribution is -0.140. The number of sulfonamides is 1. The molecule has 0 heterocycles. The van der Waals surface area contributed by atoms with Crippen LogP contribution in [0.25, 0.3) is 0 Å². The Bertz CT molecular complexity index is 1700. The van der Waals surface area contributed by atoms with E-state index in [0.717, 1.165) is 27.6 Å². The molecule has 0 saturated heterocycles. The minimum absolute atomic E-state index is 0.0554. The van der Waals surface area contributed by atoms with Crippen molar-refractivity contribution in [3.63, 3.8) is 0 Å². The molecule has 2 amide bonds. The van der Waals surface area contributed by atoms with Crippen molar-refractivity contribution in [1.82, 2.24) is 10.2 Å². The topological polar surface area (TPSA) is 86.8 Å². The number of benzene rings is 4. The average Bonchev–Trinajstić information content (AvgIpc) is 3.03. The van der Waals surface area contributed by atoms with Crippen molar-refractivity contribution in [2.24, 2.45) is 0 Å². The van der Waals surface area contributed by atoms with Gasteiger partial charge in [0.05, 0.1) is 10.6 Å². The van der Waals surface area contributed by atoms with Gasteiger partial charge in [0.15, 0.2) is 0 Å². The standard InChI is InChI=1S/C35H37F2N3O4S/c1-4-26(3)38-35(42)33(22-27-10-6-5-7-11-27)39(23-28-12-8-9-13-32(28)37)34(41)24-40(30-18-16-29(36)17-19-30)45(43,44)31-20-14-25(2)15-21-31/h5-21,26,33H,4,22-24H2,1-3H3,(H,38,42). The molecule has 0 saturated carbocycles. The summed E-state index contributed by atoms with van der Waals surface area (Å²) in [4.78, 5) is 29.3. The molecular formula is C35H37F2N3O4S. The minimum Gasteiger partial charge on any atom is -0.352 e. The number of nitrogens with one attached hydrogen (secondary N) is 1. The first kappa shape index (κ1) is 33.3. The SMILES string of the molecule is CCC(C)NC(=O)C(Cc1ccccc1)N(Cc1ccccc1F)C(=O)CN(c1ccc(F)cc1)S(=O)(=O)c1ccc(C)cc1. The van der Waals surface area contributed by atoms with E-state index >= 15 is 0 Å². The Balaban J connectivity index is 1.81. The molecule has 0 aliphatic heterocycles. The number of hydrogen-bond acceptors (Lipinski definition) is 4. The number of nitrogens with zero attached hydrogens (tertiary/aromatic N) is 2. The Morgan fingerprint density at radius 1 is 0.844 bits per heavy atom. The monoisotopic (exact) mass is 633 g/mol. The lowest BCUT2D eigenvalue weighted by atomic mass is 10.0. The fourth-order valence-electron chi connectivity index (χ4n) is 4.78. The average molecular weight is 634 g/mol. The molecule has 0 radical (unpaired) electrons. The summed E-state index contributed by atoms with van der Waals surface area (Å²) in [6, 6.07) is 24.6. The maximum atomic E-state index is 15.0. The number of carbonyl (C=O) groups excluding carboxylic acids is 2. The van der Waals surface area contributed by atoms with E-state index in [4.69, 9.17) is 0 Å². The number of hydrogen-bond donors (Lipinski definition) is 1. The third-order valence-corrected chi connectivity index (χ3v) is 9.36. The third kappa shape index (κ3) is 8.54. The Kier molecular flexibility index (Phi) is 11.1.